The van der Waals surface area contributed by atoms with Crippen molar-refractivity contribution in [3.05, 3.63) is 58.1 Å². The SMILES string of the molecule is COc1cc2c(cc1OC)C(C1(c3ccc(Cl)cc3)CCC1)N(C)CC2. The number of ether oxygens (including phenoxy) is 2. The molecule has 1 aliphatic carbocycles. The molecule has 4 heteroatoms. The molecule has 1 aliphatic heterocycles. The Balaban J connectivity index is 1.84. The van der Waals surface area contributed by atoms with Gasteiger partial charge in [0.1, 0.15) is 0 Å². The molecule has 2 aromatic rings. The van der Waals surface area contributed by atoms with Crippen LogP contribution in [-0.4, -0.2) is 32.7 Å². The van der Waals surface area contributed by atoms with Gasteiger partial charge in [0.2, 0.25) is 0 Å². The molecule has 1 unspecified atom stereocenters. The molecule has 4 rings (SSSR count). The maximum Gasteiger partial charge on any atom is 0.161 e. The van der Waals surface area contributed by atoms with Crippen molar-refractivity contribution < 1.29 is 9.47 Å². The second kappa shape index (κ2) is 6.79. The first-order chi connectivity index (χ1) is 12.6. The van der Waals surface area contributed by atoms with Crippen molar-refractivity contribution in [3.8, 4) is 11.5 Å². The number of likely N-dealkylation sites (N-methyl/N-ethyl adjacent to an activating group) is 1. The van der Waals surface area contributed by atoms with Crippen molar-refractivity contribution in [1.29, 1.82) is 0 Å². The van der Waals surface area contributed by atoms with Gasteiger partial charge in [-0.2, -0.15) is 0 Å². The molecule has 26 heavy (non-hydrogen) atoms. The predicted molar refractivity (Wildman–Crippen MR) is 106 cm³/mol. The molecule has 2 aliphatic rings. The molecule has 1 saturated carbocycles. The standard InChI is InChI=1S/C22H26ClNO2/c1-24-12-9-15-13-19(25-2)20(26-3)14-18(15)21(24)22(10-4-11-22)16-5-7-17(23)8-6-16/h5-8,13-14,21H,4,9-12H2,1-3H3. The highest BCUT2D eigenvalue weighted by atomic mass is 35.5. The fraction of sp³-hybridized carbons (Fsp3) is 0.455. The van der Waals surface area contributed by atoms with E-state index in [1.165, 1.54) is 36.0 Å². The highest BCUT2D eigenvalue weighted by Gasteiger charge is 2.49. The Hall–Kier alpha value is -1.71. The topological polar surface area (TPSA) is 21.7 Å². The van der Waals surface area contributed by atoms with E-state index < -0.39 is 0 Å². The summed E-state index contributed by atoms with van der Waals surface area (Å²) in [6.45, 7) is 1.06. The number of benzene rings is 2. The molecule has 138 valence electrons. The van der Waals surface area contributed by atoms with E-state index in [9.17, 15) is 0 Å². The Kier molecular flexibility index (Phi) is 4.62. The number of fused-ring (bicyclic) bond motifs is 1. The summed E-state index contributed by atoms with van der Waals surface area (Å²) in [5, 5.41) is 0.798. The molecule has 0 aromatic heterocycles. The lowest BCUT2D eigenvalue weighted by molar-refractivity contribution is 0.0715. The van der Waals surface area contributed by atoms with Crippen molar-refractivity contribution in [1.82, 2.24) is 4.90 Å². The smallest absolute Gasteiger partial charge is 0.161 e. The molecule has 0 spiro atoms. The zero-order valence-electron chi connectivity index (χ0n) is 15.7. The van der Waals surface area contributed by atoms with Gasteiger partial charge in [-0.1, -0.05) is 30.2 Å². The van der Waals surface area contributed by atoms with Gasteiger partial charge in [0.05, 0.1) is 14.2 Å². The van der Waals surface area contributed by atoms with Crippen LogP contribution in [0.1, 0.15) is 42.0 Å². The molecule has 3 nitrogen and oxygen atoms in total. The van der Waals surface area contributed by atoms with E-state index in [1.54, 1.807) is 14.2 Å². The minimum atomic E-state index is 0.147. The van der Waals surface area contributed by atoms with Gasteiger partial charge in [0.25, 0.3) is 0 Å². The molecular formula is C22H26ClNO2. The molecule has 0 N–H and O–H groups in total. The van der Waals surface area contributed by atoms with Crippen LogP contribution in [0, 0.1) is 0 Å². The Labute approximate surface area is 160 Å². The molecule has 2 aromatic carbocycles. The monoisotopic (exact) mass is 371 g/mol. The summed E-state index contributed by atoms with van der Waals surface area (Å²) in [5.74, 6) is 1.64. The van der Waals surface area contributed by atoms with E-state index in [4.69, 9.17) is 21.1 Å². The van der Waals surface area contributed by atoms with Gasteiger partial charge < -0.3 is 9.47 Å². The van der Waals surface area contributed by atoms with Crippen LogP contribution in [0.25, 0.3) is 0 Å². The van der Waals surface area contributed by atoms with E-state index in [1.807, 2.05) is 12.1 Å². The molecule has 1 atom stereocenters. The number of nitrogens with zero attached hydrogens (tertiary/aromatic N) is 1. The van der Waals surface area contributed by atoms with Crippen LogP contribution in [0.5, 0.6) is 11.5 Å². The zero-order chi connectivity index (χ0) is 18.3. The molecule has 0 amide bonds. The lowest BCUT2D eigenvalue weighted by atomic mass is 9.57. The van der Waals surface area contributed by atoms with Crippen molar-refractivity contribution >= 4 is 11.6 Å². The fourth-order valence-corrected chi connectivity index (χ4v) is 4.98. The minimum Gasteiger partial charge on any atom is -0.493 e. The average molecular weight is 372 g/mol. The summed E-state index contributed by atoms with van der Waals surface area (Å²) >= 11 is 6.15. The summed E-state index contributed by atoms with van der Waals surface area (Å²) in [7, 11) is 5.67. The lowest BCUT2D eigenvalue weighted by Crippen LogP contribution is -2.49. The van der Waals surface area contributed by atoms with Gasteiger partial charge >= 0.3 is 0 Å². The first-order valence-corrected chi connectivity index (χ1v) is 9.68. The van der Waals surface area contributed by atoms with E-state index in [2.05, 4.69) is 36.2 Å². The van der Waals surface area contributed by atoms with Crippen molar-refractivity contribution in [2.75, 3.05) is 27.8 Å². The molecule has 0 saturated heterocycles. The summed E-state index contributed by atoms with van der Waals surface area (Å²) < 4.78 is 11.1. The molecule has 1 fully saturated rings. The third-order valence-electron chi connectivity index (χ3n) is 6.30. The number of rotatable bonds is 4. The molecular weight excluding hydrogens is 346 g/mol. The second-order valence-corrected chi connectivity index (χ2v) is 7.99. The van der Waals surface area contributed by atoms with E-state index in [0.717, 1.165) is 29.5 Å². The van der Waals surface area contributed by atoms with Crippen LogP contribution in [0.2, 0.25) is 5.02 Å². The predicted octanol–water partition coefficient (Wildman–Crippen LogP) is 5.01. The third kappa shape index (κ3) is 2.69. The fourth-order valence-electron chi connectivity index (χ4n) is 4.85. The number of hydrogen-bond acceptors (Lipinski definition) is 3. The van der Waals surface area contributed by atoms with Crippen molar-refractivity contribution in [2.45, 2.75) is 37.1 Å². The number of halogens is 1. The number of hydrogen-bond donors (Lipinski definition) is 0. The number of methoxy groups -OCH3 is 2. The van der Waals surface area contributed by atoms with Crippen LogP contribution in [0.3, 0.4) is 0 Å². The maximum absolute atomic E-state index is 6.15. The Morgan fingerprint density at radius 3 is 2.27 bits per heavy atom. The summed E-state index contributed by atoms with van der Waals surface area (Å²) in [6, 6.07) is 13.2. The zero-order valence-corrected chi connectivity index (χ0v) is 16.5. The summed E-state index contributed by atoms with van der Waals surface area (Å²) in [5.41, 5.74) is 4.30. The minimum absolute atomic E-state index is 0.147. The van der Waals surface area contributed by atoms with Crippen molar-refractivity contribution in [2.24, 2.45) is 0 Å². The Morgan fingerprint density at radius 1 is 1.04 bits per heavy atom. The van der Waals surface area contributed by atoms with E-state index >= 15 is 0 Å². The van der Waals surface area contributed by atoms with Gasteiger partial charge in [0.15, 0.2) is 11.5 Å². The molecule has 0 radical (unpaired) electrons. The van der Waals surface area contributed by atoms with Gasteiger partial charge in [-0.15, -0.1) is 0 Å². The van der Waals surface area contributed by atoms with E-state index in [-0.39, 0.29) is 5.41 Å². The first-order valence-electron chi connectivity index (χ1n) is 9.30. The third-order valence-corrected chi connectivity index (χ3v) is 6.55. The molecule has 0 bridgehead atoms. The largest absolute Gasteiger partial charge is 0.493 e. The van der Waals surface area contributed by atoms with Crippen LogP contribution in [0.15, 0.2) is 36.4 Å². The van der Waals surface area contributed by atoms with Crippen LogP contribution < -0.4 is 9.47 Å². The van der Waals surface area contributed by atoms with Gasteiger partial charge in [0, 0.05) is 23.0 Å². The van der Waals surface area contributed by atoms with Gasteiger partial charge in [-0.25, -0.2) is 0 Å². The molecule has 1 heterocycles. The quantitative estimate of drug-likeness (QED) is 0.754. The Bertz CT molecular complexity index is 799. The first kappa shape index (κ1) is 17.7. The lowest BCUT2D eigenvalue weighted by Gasteiger charge is -2.53. The van der Waals surface area contributed by atoms with Crippen LogP contribution >= 0.6 is 11.6 Å². The van der Waals surface area contributed by atoms with Crippen molar-refractivity contribution in [3.63, 3.8) is 0 Å². The van der Waals surface area contributed by atoms with E-state index in [0.29, 0.717) is 6.04 Å². The maximum atomic E-state index is 6.15. The average Bonchev–Trinajstić information content (AvgIpc) is 2.62. The highest BCUT2D eigenvalue weighted by Crippen LogP contribution is 2.56. The van der Waals surface area contributed by atoms with Crippen LogP contribution in [0.4, 0.5) is 0 Å². The van der Waals surface area contributed by atoms with Crippen LogP contribution in [-0.2, 0) is 11.8 Å². The highest BCUT2D eigenvalue weighted by molar-refractivity contribution is 6.30. The van der Waals surface area contributed by atoms with Gasteiger partial charge in [-0.3, -0.25) is 4.90 Å². The Morgan fingerprint density at radius 2 is 1.69 bits per heavy atom. The normalized spacial score (nSPS) is 21.6. The summed E-state index contributed by atoms with van der Waals surface area (Å²) in [6.07, 6.45) is 4.73. The van der Waals surface area contributed by atoms with Gasteiger partial charge in [-0.05, 0) is 67.3 Å². The summed E-state index contributed by atoms with van der Waals surface area (Å²) in [4.78, 5) is 2.52. The second-order valence-electron chi connectivity index (χ2n) is 7.56.